The highest BCUT2D eigenvalue weighted by atomic mass is 16.5. The highest BCUT2D eigenvalue weighted by molar-refractivity contribution is 5.92. The molecule has 22 heavy (non-hydrogen) atoms. The molecule has 0 N–H and O–H groups in total. The summed E-state index contributed by atoms with van der Waals surface area (Å²) < 4.78 is 5.43. The van der Waals surface area contributed by atoms with Crippen LogP contribution < -0.4 is 0 Å². The van der Waals surface area contributed by atoms with Gasteiger partial charge in [-0.05, 0) is 49.5 Å². The number of methoxy groups -OCH3 is 1. The molecule has 116 valence electrons. The predicted molar refractivity (Wildman–Crippen MR) is 85.7 cm³/mol. The molecule has 0 amide bonds. The third-order valence-electron chi connectivity index (χ3n) is 5.99. The van der Waals surface area contributed by atoms with E-state index in [0.717, 1.165) is 31.4 Å². The second-order valence-corrected chi connectivity index (χ2v) is 7.07. The van der Waals surface area contributed by atoms with Crippen molar-refractivity contribution in [2.24, 2.45) is 11.3 Å². The van der Waals surface area contributed by atoms with Crippen molar-refractivity contribution in [2.45, 2.75) is 39.0 Å². The first-order valence-electron chi connectivity index (χ1n) is 8.21. The van der Waals surface area contributed by atoms with Gasteiger partial charge in [-0.25, -0.2) is 0 Å². The van der Waals surface area contributed by atoms with E-state index < -0.39 is 0 Å². The summed E-state index contributed by atoms with van der Waals surface area (Å²) in [6.45, 7) is 2.33. The molecule has 2 unspecified atom stereocenters. The number of carbonyl (C=O) groups excluding carboxylic acids is 1. The SMILES string of the molecule is COC1=CCC2C(=C1)N(C)C1=C2CCC2=CC(=O)CCC21C. The lowest BCUT2D eigenvalue weighted by Crippen LogP contribution is -2.35. The quantitative estimate of drug-likeness (QED) is 0.739. The average molecular weight is 297 g/mol. The van der Waals surface area contributed by atoms with Crippen molar-refractivity contribution < 1.29 is 9.53 Å². The monoisotopic (exact) mass is 297 g/mol. The van der Waals surface area contributed by atoms with Crippen LogP contribution in [0.3, 0.4) is 0 Å². The van der Waals surface area contributed by atoms with Gasteiger partial charge in [-0.1, -0.05) is 12.5 Å². The van der Waals surface area contributed by atoms with Crippen molar-refractivity contribution in [1.82, 2.24) is 4.90 Å². The minimum Gasteiger partial charge on any atom is -0.497 e. The number of ketones is 1. The largest absolute Gasteiger partial charge is 0.497 e. The second-order valence-electron chi connectivity index (χ2n) is 7.07. The summed E-state index contributed by atoms with van der Waals surface area (Å²) in [6.07, 6.45) is 11.1. The third kappa shape index (κ3) is 1.71. The number of ether oxygens (including phenoxy) is 1. The van der Waals surface area contributed by atoms with Crippen molar-refractivity contribution in [2.75, 3.05) is 14.2 Å². The number of rotatable bonds is 1. The molecule has 0 aromatic heterocycles. The molecular weight excluding hydrogens is 274 g/mol. The number of allylic oxidation sites excluding steroid dienone is 5. The Hall–Kier alpha value is -1.77. The third-order valence-corrected chi connectivity index (χ3v) is 5.99. The van der Waals surface area contributed by atoms with Gasteiger partial charge in [0.05, 0.1) is 7.11 Å². The van der Waals surface area contributed by atoms with Crippen LogP contribution in [0, 0.1) is 11.3 Å². The molecule has 0 saturated heterocycles. The molecule has 0 aromatic rings. The number of hydrogen-bond donors (Lipinski definition) is 0. The zero-order valence-electron chi connectivity index (χ0n) is 13.6. The van der Waals surface area contributed by atoms with E-state index in [4.69, 9.17) is 4.74 Å². The first-order chi connectivity index (χ1) is 10.5. The van der Waals surface area contributed by atoms with Crippen LogP contribution in [0.25, 0.3) is 0 Å². The molecule has 0 saturated carbocycles. The molecule has 0 spiro atoms. The molecule has 0 fully saturated rings. The maximum Gasteiger partial charge on any atom is 0.155 e. The number of hydrogen-bond acceptors (Lipinski definition) is 3. The van der Waals surface area contributed by atoms with E-state index in [9.17, 15) is 4.79 Å². The lowest BCUT2D eigenvalue weighted by atomic mass is 9.64. The zero-order valence-corrected chi connectivity index (χ0v) is 13.6. The van der Waals surface area contributed by atoms with Crippen LogP contribution in [0.5, 0.6) is 0 Å². The van der Waals surface area contributed by atoms with E-state index >= 15 is 0 Å². The van der Waals surface area contributed by atoms with Gasteiger partial charge in [-0.2, -0.15) is 0 Å². The molecule has 1 aliphatic heterocycles. The van der Waals surface area contributed by atoms with E-state index in [1.165, 1.54) is 17.0 Å². The van der Waals surface area contributed by atoms with E-state index in [1.807, 2.05) is 6.08 Å². The van der Waals surface area contributed by atoms with Gasteiger partial charge in [-0.3, -0.25) is 4.79 Å². The molecule has 3 heteroatoms. The van der Waals surface area contributed by atoms with Crippen LogP contribution in [0.2, 0.25) is 0 Å². The molecule has 3 aliphatic carbocycles. The first kappa shape index (κ1) is 13.9. The number of carbonyl (C=O) groups is 1. The average Bonchev–Trinajstić information content (AvgIpc) is 2.81. The summed E-state index contributed by atoms with van der Waals surface area (Å²) in [4.78, 5) is 14.2. The molecule has 0 bridgehead atoms. The minimum atomic E-state index is 0.0433. The van der Waals surface area contributed by atoms with Crippen LogP contribution in [-0.2, 0) is 9.53 Å². The Kier molecular flexibility index (Phi) is 2.91. The highest BCUT2D eigenvalue weighted by Crippen LogP contribution is 2.58. The Morgan fingerprint density at radius 1 is 1.27 bits per heavy atom. The molecule has 4 aliphatic rings. The fourth-order valence-corrected chi connectivity index (χ4v) is 4.83. The van der Waals surface area contributed by atoms with Gasteiger partial charge in [0.25, 0.3) is 0 Å². The van der Waals surface area contributed by atoms with Gasteiger partial charge in [0.2, 0.25) is 0 Å². The Bertz CT molecular complexity index is 680. The van der Waals surface area contributed by atoms with Crippen molar-refractivity contribution in [3.63, 3.8) is 0 Å². The van der Waals surface area contributed by atoms with Crippen LogP contribution in [0.4, 0.5) is 0 Å². The molecule has 1 heterocycles. The smallest absolute Gasteiger partial charge is 0.155 e. The number of fused-ring (bicyclic) bond motifs is 4. The lowest BCUT2D eigenvalue weighted by Gasteiger charge is -2.43. The van der Waals surface area contributed by atoms with Crippen molar-refractivity contribution >= 4 is 5.78 Å². The van der Waals surface area contributed by atoms with E-state index in [0.29, 0.717) is 18.1 Å². The Morgan fingerprint density at radius 3 is 2.86 bits per heavy atom. The van der Waals surface area contributed by atoms with Gasteiger partial charge in [0.15, 0.2) is 5.78 Å². The van der Waals surface area contributed by atoms with Gasteiger partial charge in [0.1, 0.15) is 5.76 Å². The summed E-state index contributed by atoms with van der Waals surface area (Å²) in [6, 6.07) is 0. The van der Waals surface area contributed by atoms with Crippen molar-refractivity contribution in [3.05, 3.63) is 46.5 Å². The second kappa shape index (κ2) is 4.61. The Balaban J connectivity index is 1.81. The van der Waals surface area contributed by atoms with E-state index in [1.54, 1.807) is 12.7 Å². The standard InChI is InChI=1S/C19H23NO2/c1-19-9-8-13(21)10-12(19)4-6-16-15-7-5-14(22-3)11-17(15)20(2)18(16)19/h5,10-11,15H,4,6-9H2,1-3H3. The van der Waals surface area contributed by atoms with E-state index in [-0.39, 0.29) is 5.41 Å². The van der Waals surface area contributed by atoms with Crippen molar-refractivity contribution in [3.8, 4) is 0 Å². The summed E-state index contributed by atoms with van der Waals surface area (Å²) in [7, 11) is 3.92. The molecule has 4 rings (SSSR count). The van der Waals surface area contributed by atoms with Gasteiger partial charge in [0, 0.05) is 36.2 Å². The fourth-order valence-electron chi connectivity index (χ4n) is 4.83. The fraction of sp³-hybridized carbons (Fsp3) is 0.526. The number of nitrogens with zero attached hydrogens (tertiary/aromatic N) is 1. The topological polar surface area (TPSA) is 29.5 Å². The summed E-state index contributed by atoms with van der Waals surface area (Å²) in [5.74, 6) is 1.78. The maximum atomic E-state index is 11.8. The lowest BCUT2D eigenvalue weighted by molar-refractivity contribution is -0.115. The first-order valence-corrected chi connectivity index (χ1v) is 8.21. The Morgan fingerprint density at radius 2 is 2.09 bits per heavy atom. The van der Waals surface area contributed by atoms with Gasteiger partial charge < -0.3 is 9.64 Å². The van der Waals surface area contributed by atoms with Crippen LogP contribution >= 0.6 is 0 Å². The predicted octanol–water partition coefficient (Wildman–Crippen LogP) is 3.71. The molecular formula is C19H23NO2. The maximum absolute atomic E-state index is 11.8. The molecule has 0 radical (unpaired) electrons. The zero-order chi connectivity index (χ0) is 15.5. The summed E-state index contributed by atoms with van der Waals surface area (Å²) in [5, 5.41) is 0. The highest BCUT2D eigenvalue weighted by Gasteiger charge is 2.48. The Labute approximate surface area is 132 Å². The van der Waals surface area contributed by atoms with Gasteiger partial charge >= 0.3 is 0 Å². The van der Waals surface area contributed by atoms with Crippen LogP contribution in [0.15, 0.2) is 46.5 Å². The normalized spacial score (nSPS) is 33.6. The van der Waals surface area contributed by atoms with Crippen LogP contribution in [0.1, 0.15) is 39.0 Å². The molecule has 2 atom stereocenters. The van der Waals surface area contributed by atoms with Crippen molar-refractivity contribution in [1.29, 1.82) is 0 Å². The summed E-state index contributed by atoms with van der Waals surface area (Å²) >= 11 is 0. The molecule has 0 aromatic carbocycles. The van der Waals surface area contributed by atoms with Gasteiger partial charge in [-0.15, -0.1) is 0 Å². The molecule has 3 nitrogen and oxygen atoms in total. The minimum absolute atomic E-state index is 0.0433. The summed E-state index contributed by atoms with van der Waals surface area (Å²) in [5.41, 5.74) is 5.80. The van der Waals surface area contributed by atoms with E-state index in [2.05, 4.69) is 31.0 Å². The van der Waals surface area contributed by atoms with Crippen LogP contribution in [-0.4, -0.2) is 24.8 Å².